The fourth-order valence-corrected chi connectivity index (χ4v) is 3.71. The summed E-state index contributed by atoms with van der Waals surface area (Å²) in [4.78, 5) is 12.5. The Balaban J connectivity index is 1.87. The lowest BCUT2D eigenvalue weighted by molar-refractivity contribution is 0.0940. The average molecular weight is 374 g/mol. The van der Waals surface area contributed by atoms with Crippen molar-refractivity contribution in [2.24, 2.45) is 0 Å². The number of nitrogens with zero attached hydrogens (tertiary/aromatic N) is 2. The molecule has 0 saturated heterocycles. The van der Waals surface area contributed by atoms with Crippen LogP contribution in [0.4, 0.5) is 0 Å². The SMILES string of the molecule is CCC(CSC)NC(=O)c1ccc(-n2ncc3ccccc32)cc1Cl. The Labute approximate surface area is 156 Å². The second-order valence-electron chi connectivity index (χ2n) is 5.81. The number of aromatic nitrogens is 2. The maximum absolute atomic E-state index is 12.5. The maximum atomic E-state index is 12.5. The van der Waals surface area contributed by atoms with Gasteiger partial charge in [0.2, 0.25) is 0 Å². The van der Waals surface area contributed by atoms with Gasteiger partial charge in [0.1, 0.15) is 0 Å². The number of hydrogen-bond acceptors (Lipinski definition) is 3. The molecule has 3 aromatic rings. The molecule has 25 heavy (non-hydrogen) atoms. The van der Waals surface area contributed by atoms with Crippen LogP contribution < -0.4 is 5.32 Å². The molecule has 0 fully saturated rings. The number of amides is 1. The first-order chi connectivity index (χ1) is 12.1. The Morgan fingerprint density at radius 3 is 2.84 bits per heavy atom. The van der Waals surface area contributed by atoms with E-state index >= 15 is 0 Å². The second kappa shape index (κ2) is 7.93. The quantitative estimate of drug-likeness (QED) is 0.689. The number of carbonyl (C=O) groups excluding carboxylic acids is 1. The van der Waals surface area contributed by atoms with Gasteiger partial charge in [-0.2, -0.15) is 16.9 Å². The molecule has 0 aliphatic rings. The number of halogens is 1. The number of rotatable bonds is 6. The lowest BCUT2D eigenvalue weighted by Crippen LogP contribution is -2.36. The topological polar surface area (TPSA) is 46.9 Å². The third-order valence-corrected chi connectivity index (χ3v) is 5.16. The Hall–Kier alpha value is -1.98. The molecular formula is C19H20ClN3OS. The summed E-state index contributed by atoms with van der Waals surface area (Å²) in [6.45, 7) is 2.06. The molecule has 6 heteroatoms. The molecular weight excluding hydrogens is 354 g/mol. The molecule has 0 aliphatic heterocycles. The van der Waals surface area contributed by atoms with E-state index < -0.39 is 0 Å². The van der Waals surface area contributed by atoms with Crippen molar-refractivity contribution in [1.82, 2.24) is 15.1 Å². The average Bonchev–Trinajstić information content (AvgIpc) is 3.05. The van der Waals surface area contributed by atoms with Gasteiger partial charge < -0.3 is 5.32 Å². The zero-order valence-corrected chi connectivity index (χ0v) is 15.8. The van der Waals surface area contributed by atoms with Crippen LogP contribution in [-0.2, 0) is 0 Å². The number of para-hydroxylation sites is 1. The van der Waals surface area contributed by atoms with Gasteiger partial charge in [-0.15, -0.1) is 0 Å². The monoisotopic (exact) mass is 373 g/mol. The van der Waals surface area contributed by atoms with E-state index in [0.29, 0.717) is 10.6 Å². The van der Waals surface area contributed by atoms with Gasteiger partial charge in [-0.3, -0.25) is 4.79 Å². The van der Waals surface area contributed by atoms with E-state index in [1.807, 2.05) is 47.5 Å². The van der Waals surface area contributed by atoms with Crippen molar-refractivity contribution in [2.45, 2.75) is 19.4 Å². The number of hydrogen-bond donors (Lipinski definition) is 1. The van der Waals surface area contributed by atoms with Crippen LogP contribution in [0, 0.1) is 0 Å². The van der Waals surface area contributed by atoms with E-state index in [9.17, 15) is 4.79 Å². The van der Waals surface area contributed by atoms with Gasteiger partial charge >= 0.3 is 0 Å². The van der Waals surface area contributed by atoms with Crippen LogP contribution in [0.3, 0.4) is 0 Å². The van der Waals surface area contributed by atoms with Crippen LogP contribution in [0.1, 0.15) is 23.7 Å². The number of carbonyl (C=O) groups is 1. The van der Waals surface area contributed by atoms with Crippen molar-refractivity contribution in [3.63, 3.8) is 0 Å². The molecule has 4 nitrogen and oxygen atoms in total. The van der Waals surface area contributed by atoms with Crippen LogP contribution in [0.5, 0.6) is 0 Å². The normalized spacial score (nSPS) is 12.3. The first-order valence-electron chi connectivity index (χ1n) is 8.16. The van der Waals surface area contributed by atoms with E-state index in [1.165, 1.54) is 0 Å². The van der Waals surface area contributed by atoms with E-state index in [0.717, 1.165) is 28.8 Å². The molecule has 1 aromatic heterocycles. The van der Waals surface area contributed by atoms with Gasteiger partial charge in [0.15, 0.2) is 0 Å². The largest absolute Gasteiger partial charge is 0.348 e. The molecule has 0 radical (unpaired) electrons. The minimum atomic E-state index is -0.136. The first kappa shape index (κ1) is 17.8. The summed E-state index contributed by atoms with van der Waals surface area (Å²) in [6, 6.07) is 13.5. The van der Waals surface area contributed by atoms with Crippen molar-refractivity contribution >= 4 is 40.2 Å². The van der Waals surface area contributed by atoms with E-state index in [4.69, 9.17) is 11.6 Å². The number of benzene rings is 2. The van der Waals surface area contributed by atoms with Crippen molar-refractivity contribution in [3.8, 4) is 5.69 Å². The van der Waals surface area contributed by atoms with Crippen LogP contribution >= 0.6 is 23.4 Å². The fraction of sp³-hybridized carbons (Fsp3) is 0.263. The Morgan fingerprint density at radius 2 is 2.12 bits per heavy atom. The second-order valence-corrected chi connectivity index (χ2v) is 7.13. The predicted molar refractivity (Wildman–Crippen MR) is 106 cm³/mol. The zero-order valence-electron chi connectivity index (χ0n) is 14.2. The lowest BCUT2D eigenvalue weighted by atomic mass is 10.1. The summed E-state index contributed by atoms with van der Waals surface area (Å²) in [6.07, 6.45) is 4.74. The molecule has 1 atom stereocenters. The molecule has 1 amide bonds. The van der Waals surface area contributed by atoms with Crippen molar-refractivity contribution in [1.29, 1.82) is 0 Å². The summed E-state index contributed by atoms with van der Waals surface area (Å²) >= 11 is 8.11. The van der Waals surface area contributed by atoms with E-state index in [-0.39, 0.29) is 11.9 Å². The Kier molecular flexibility index (Phi) is 5.66. The van der Waals surface area contributed by atoms with E-state index in [2.05, 4.69) is 17.3 Å². The highest BCUT2D eigenvalue weighted by Gasteiger charge is 2.16. The summed E-state index contributed by atoms with van der Waals surface area (Å²) in [5, 5.41) is 8.95. The molecule has 2 aromatic carbocycles. The Morgan fingerprint density at radius 1 is 1.32 bits per heavy atom. The number of nitrogens with one attached hydrogen (secondary N) is 1. The highest BCUT2D eigenvalue weighted by molar-refractivity contribution is 7.98. The smallest absolute Gasteiger partial charge is 0.253 e. The lowest BCUT2D eigenvalue weighted by Gasteiger charge is -2.16. The minimum absolute atomic E-state index is 0.136. The van der Waals surface area contributed by atoms with Gasteiger partial charge in [-0.05, 0) is 36.9 Å². The van der Waals surface area contributed by atoms with Crippen LogP contribution in [0.15, 0.2) is 48.7 Å². The van der Waals surface area contributed by atoms with Crippen molar-refractivity contribution in [3.05, 3.63) is 59.2 Å². The highest BCUT2D eigenvalue weighted by Crippen LogP contribution is 2.23. The summed E-state index contributed by atoms with van der Waals surface area (Å²) in [5.41, 5.74) is 2.32. The molecule has 1 unspecified atom stereocenters. The van der Waals surface area contributed by atoms with Crippen LogP contribution in [-0.4, -0.2) is 33.7 Å². The molecule has 1 heterocycles. The van der Waals surface area contributed by atoms with Gasteiger partial charge in [-0.25, -0.2) is 4.68 Å². The first-order valence-corrected chi connectivity index (χ1v) is 9.93. The third-order valence-electron chi connectivity index (χ3n) is 4.11. The predicted octanol–water partition coefficient (Wildman–Crippen LogP) is 4.55. The summed E-state index contributed by atoms with van der Waals surface area (Å²) in [5.74, 6) is 0.750. The van der Waals surface area contributed by atoms with Crippen molar-refractivity contribution in [2.75, 3.05) is 12.0 Å². The number of thioether (sulfide) groups is 1. The minimum Gasteiger partial charge on any atom is -0.348 e. The van der Waals surface area contributed by atoms with Gasteiger partial charge in [0.25, 0.3) is 5.91 Å². The zero-order chi connectivity index (χ0) is 17.8. The fourth-order valence-electron chi connectivity index (χ4n) is 2.72. The van der Waals surface area contributed by atoms with Gasteiger partial charge in [-0.1, -0.05) is 36.7 Å². The van der Waals surface area contributed by atoms with Crippen LogP contribution in [0.2, 0.25) is 5.02 Å². The summed E-state index contributed by atoms with van der Waals surface area (Å²) in [7, 11) is 0. The third kappa shape index (κ3) is 3.83. The number of fused-ring (bicyclic) bond motifs is 1. The van der Waals surface area contributed by atoms with Crippen LogP contribution in [0.25, 0.3) is 16.6 Å². The van der Waals surface area contributed by atoms with Gasteiger partial charge in [0, 0.05) is 17.2 Å². The van der Waals surface area contributed by atoms with Gasteiger partial charge in [0.05, 0.1) is 28.0 Å². The summed E-state index contributed by atoms with van der Waals surface area (Å²) < 4.78 is 1.82. The molecule has 3 rings (SSSR count). The Bertz CT molecular complexity index is 893. The molecule has 130 valence electrons. The molecule has 0 aliphatic carbocycles. The van der Waals surface area contributed by atoms with E-state index in [1.54, 1.807) is 23.9 Å². The van der Waals surface area contributed by atoms with Crippen molar-refractivity contribution < 1.29 is 4.79 Å². The highest BCUT2D eigenvalue weighted by atomic mass is 35.5. The molecule has 1 N–H and O–H groups in total. The maximum Gasteiger partial charge on any atom is 0.253 e. The molecule has 0 spiro atoms. The molecule has 0 bridgehead atoms. The standard InChI is InChI=1S/C19H20ClN3OS/c1-3-14(12-25-2)22-19(24)16-9-8-15(10-17(16)20)23-18-7-5-4-6-13(18)11-21-23/h4-11,14H,3,12H2,1-2H3,(H,22,24). The molecule has 0 saturated carbocycles.